The van der Waals surface area contributed by atoms with Crippen LogP contribution in [0.25, 0.3) is 33.8 Å². The number of nitrogens with zero attached hydrogens (tertiary/aromatic N) is 5. The predicted octanol–water partition coefficient (Wildman–Crippen LogP) is 11.0. The van der Waals surface area contributed by atoms with E-state index in [4.69, 9.17) is 43.6 Å². The Labute approximate surface area is 595 Å². The van der Waals surface area contributed by atoms with Crippen molar-refractivity contribution in [3.63, 3.8) is 0 Å². The third-order valence-corrected chi connectivity index (χ3v) is 21.4. The van der Waals surface area contributed by atoms with Crippen molar-refractivity contribution in [3.8, 4) is 68.3 Å². The molecule has 101 heavy (non-hydrogen) atoms. The normalized spacial score (nSPS) is 17.0. The first kappa shape index (κ1) is 67.6. The fourth-order valence-corrected chi connectivity index (χ4v) is 16.1. The van der Waals surface area contributed by atoms with Gasteiger partial charge in [-0.2, -0.15) is 0 Å². The Hall–Kier alpha value is -9.19. The quantitative estimate of drug-likeness (QED) is 0.0587. The molecule has 7 N–H and O–H groups in total. The Balaban J connectivity index is 0.000000124. The number of nitrogens with one attached hydrogen (secondary N) is 5. The average molecular weight is 1420 g/mol. The van der Waals surface area contributed by atoms with Crippen LogP contribution in [-0.4, -0.2) is 182 Å². The summed E-state index contributed by atoms with van der Waals surface area (Å²) in [6, 6.07) is 46.4. The Bertz CT molecular complexity index is 4680. The maximum absolute atomic E-state index is 12.5. The molecular formula is C75H77N11O12S3. The fraction of sp³-hybridized carbons (Fsp3) is 0.307. The number of morpholine rings is 5. The number of H-pyrrole nitrogens is 3. The van der Waals surface area contributed by atoms with Gasteiger partial charge in [0.25, 0.3) is 0 Å². The van der Waals surface area contributed by atoms with Gasteiger partial charge in [0, 0.05) is 148 Å². The summed E-state index contributed by atoms with van der Waals surface area (Å²) in [5, 5.41) is 6.54. The van der Waals surface area contributed by atoms with E-state index in [-0.39, 0.29) is 22.6 Å². The lowest BCUT2D eigenvalue weighted by Gasteiger charge is -2.29. The van der Waals surface area contributed by atoms with Gasteiger partial charge in [0.1, 0.15) is 17.2 Å². The average Bonchev–Trinajstić information content (AvgIpc) is 0.784. The predicted molar refractivity (Wildman–Crippen MR) is 395 cm³/mol. The number of hydrogen-bond donors (Lipinski definition) is 6. The molecule has 11 heterocycles. The zero-order valence-corrected chi connectivity index (χ0v) is 58.0. The third-order valence-electron chi connectivity index (χ3n) is 18.2. The highest BCUT2D eigenvalue weighted by Crippen LogP contribution is 2.54. The summed E-state index contributed by atoms with van der Waals surface area (Å²) in [6.07, 6.45) is 0. The van der Waals surface area contributed by atoms with Crippen molar-refractivity contribution in [3.05, 3.63) is 177 Å². The van der Waals surface area contributed by atoms with Crippen molar-refractivity contribution in [2.45, 2.75) is 29.4 Å². The van der Waals surface area contributed by atoms with Gasteiger partial charge in [0.15, 0.2) is 17.2 Å². The molecule has 0 aliphatic carbocycles. The molecule has 3 aromatic heterocycles. The number of rotatable bonds is 13. The van der Waals surface area contributed by atoms with Crippen LogP contribution in [0.4, 0.5) is 34.1 Å². The number of ether oxygens (including phenoxy) is 8. The first-order chi connectivity index (χ1) is 49.5. The molecule has 26 heteroatoms. The molecule has 23 nitrogen and oxygen atoms in total. The topological polar surface area (TPSA) is 256 Å². The zero-order chi connectivity index (χ0) is 68.6. The summed E-state index contributed by atoms with van der Waals surface area (Å²) in [6.45, 7) is 17.3. The molecule has 8 aliphatic rings. The molecule has 5 saturated heterocycles. The van der Waals surface area contributed by atoms with Gasteiger partial charge in [-0.05, 0) is 109 Å². The maximum Gasteiger partial charge on any atom is 0.250 e. The number of carbonyl (C=O) groups is 1. The Kier molecular flexibility index (Phi) is 21.0. The summed E-state index contributed by atoms with van der Waals surface area (Å²) in [5.41, 5.74) is 15.5. The summed E-state index contributed by atoms with van der Waals surface area (Å²) in [5.74, 6) is 4.49. The first-order valence-corrected chi connectivity index (χ1v) is 36.5. The SMILES string of the molecule is Nc1ccc2c(c1)Sc1cccc(-c3cc(N4CCOCC4)cc(=O)[nH]3)c1O2.O=C(CN1CCOCC1)Nc1ccc2c(c1)Sc1cccc(-c3cc(N4CCOCC4)cc(=O)[nH]3)c1O2.O=c1cc(N2CCOCC2)cc(-c2cccc3c2Oc2ccc(NCCN4CCOCC4)cc2S3)[nH]1. The van der Waals surface area contributed by atoms with E-state index in [0.717, 1.165) is 201 Å². The number of anilines is 6. The Morgan fingerprint density at radius 2 is 0.772 bits per heavy atom. The standard InChI is InChI=1S/C27H28N4O5S.C27H30N4O4S.C21H19N3O3S/c32-25-16-19(31-8-12-35-13-9-31)15-21(29-25)20-2-1-3-23-27(20)36-22-5-4-18(14-24(22)37-23)28-26(33)17-30-6-10-34-11-7-30;32-26-18-20(31-10-14-34-15-11-31)17-22(29-26)21-2-1-3-24-27(21)35-23-5-4-19(16-25(23)36-24)28-6-7-30-8-12-33-13-9-30;22-13-4-5-17-19(10-13)28-18-3-1-2-15(21(18)27-17)16-11-14(12-20(25)23-16)24-6-8-26-9-7-24/h1-5,14-16H,6-13,17H2,(H,28,33)(H,29,32);1-5,16-18,28H,6-15H2,(H,29,32);1-5,10-12H,6-9,22H2,(H,23,25). The van der Waals surface area contributed by atoms with E-state index in [1.165, 1.54) is 0 Å². The number of aromatic amines is 3. The van der Waals surface area contributed by atoms with Crippen LogP contribution in [0.15, 0.2) is 189 Å². The largest absolute Gasteiger partial charge is 0.454 e. The molecule has 9 aromatic rings. The van der Waals surface area contributed by atoms with E-state index in [2.05, 4.69) is 68.3 Å². The summed E-state index contributed by atoms with van der Waals surface area (Å²) >= 11 is 4.89. The van der Waals surface area contributed by atoms with Crippen molar-refractivity contribution in [1.82, 2.24) is 24.8 Å². The van der Waals surface area contributed by atoms with Crippen LogP contribution in [0.2, 0.25) is 0 Å². The van der Waals surface area contributed by atoms with Crippen LogP contribution < -0.4 is 62.0 Å². The smallest absolute Gasteiger partial charge is 0.250 e. The second kappa shape index (κ2) is 31.4. The van der Waals surface area contributed by atoms with Crippen molar-refractivity contribution in [2.75, 3.05) is 182 Å². The molecule has 0 spiro atoms. The number of aromatic nitrogens is 3. The lowest BCUT2D eigenvalue weighted by atomic mass is 10.1. The highest BCUT2D eigenvalue weighted by atomic mass is 32.2. The van der Waals surface area contributed by atoms with E-state index < -0.39 is 0 Å². The molecule has 0 unspecified atom stereocenters. The summed E-state index contributed by atoms with van der Waals surface area (Å²) in [7, 11) is 0. The number of pyridine rings is 3. The van der Waals surface area contributed by atoms with Gasteiger partial charge >= 0.3 is 0 Å². The zero-order valence-electron chi connectivity index (χ0n) is 55.6. The molecule has 0 bridgehead atoms. The minimum absolute atomic E-state index is 0.0460. The van der Waals surface area contributed by atoms with Crippen LogP contribution in [-0.2, 0) is 28.5 Å². The molecule has 1 amide bonds. The molecule has 5 fully saturated rings. The molecule has 0 saturated carbocycles. The molecule has 17 rings (SSSR count). The first-order valence-electron chi connectivity index (χ1n) is 34.0. The second-order valence-corrected chi connectivity index (χ2v) is 28.3. The third kappa shape index (κ3) is 16.3. The minimum Gasteiger partial charge on any atom is -0.454 e. The van der Waals surface area contributed by atoms with E-state index in [1.54, 1.807) is 53.5 Å². The molecule has 522 valence electrons. The van der Waals surface area contributed by atoms with E-state index in [0.29, 0.717) is 82.3 Å². The van der Waals surface area contributed by atoms with Crippen LogP contribution in [0.1, 0.15) is 0 Å². The number of nitrogens with two attached hydrogens (primary N) is 1. The van der Waals surface area contributed by atoms with Gasteiger partial charge in [-0.3, -0.25) is 29.0 Å². The van der Waals surface area contributed by atoms with Gasteiger partial charge in [-0.1, -0.05) is 53.5 Å². The number of para-hydroxylation sites is 3. The number of carbonyl (C=O) groups excluding carboxylic acids is 1. The van der Waals surface area contributed by atoms with Gasteiger partial charge in [0.2, 0.25) is 22.6 Å². The maximum atomic E-state index is 12.5. The van der Waals surface area contributed by atoms with Crippen LogP contribution in [0.3, 0.4) is 0 Å². The Morgan fingerprint density at radius 1 is 0.406 bits per heavy atom. The van der Waals surface area contributed by atoms with Crippen molar-refractivity contribution in [1.29, 1.82) is 0 Å². The van der Waals surface area contributed by atoms with Crippen LogP contribution >= 0.6 is 35.3 Å². The van der Waals surface area contributed by atoms with Gasteiger partial charge in [-0.15, -0.1) is 0 Å². The highest BCUT2D eigenvalue weighted by molar-refractivity contribution is 8.00. The molecular weight excluding hydrogens is 1340 g/mol. The molecule has 0 radical (unpaired) electrons. The van der Waals surface area contributed by atoms with Crippen molar-refractivity contribution in [2.24, 2.45) is 0 Å². The van der Waals surface area contributed by atoms with Gasteiger partial charge < -0.3 is 83.9 Å². The van der Waals surface area contributed by atoms with E-state index >= 15 is 0 Å². The lowest BCUT2D eigenvalue weighted by Crippen LogP contribution is -2.41. The van der Waals surface area contributed by atoms with Crippen LogP contribution in [0, 0.1) is 0 Å². The van der Waals surface area contributed by atoms with Crippen LogP contribution in [0.5, 0.6) is 34.5 Å². The van der Waals surface area contributed by atoms with Crippen molar-refractivity contribution < 1.29 is 42.7 Å². The molecule has 0 atom stereocenters. The van der Waals surface area contributed by atoms with E-state index in [9.17, 15) is 19.2 Å². The van der Waals surface area contributed by atoms with Gasteiger partial charge in [-0.25, -0.2) is 0 Å². The summed E-state index contributed by atoms with van der Waals surface area (Å²) in [4.78, 5) is 75.9. The van der Waals surface area contributed by atoms with E-state index in [1.807, 2.05) is 109 Å². The molecule has 8 aliphatic heterocycles. The number of amides is 1. The monoisotopic (exact) mass is 1420 g/mol. The summed E-state index contributed by atoms with van der Waals surface area (Å²) < 4.78 is 46.1. The lowest BCUT2D eigenvalue weighted by molar-refractivity contribution is -0.118. The minimum atomic E-state index is -0.155. The number of fused-ring (bicyclic) bond motifs is 6. The number of benzene rings is 6. The number of nitrogen functional groups attached to an aromatic ring is 1. The van der Waals surface area contributed by atoms with Gasteiger partial charge in [0.05, 0.1) is 119 Å². The fourth-order valence-electron chi connectivity index (χ4n) is 13.0. The Morgan fingerprint density at radius 3 is 1.20 bits per heavy atom. The highest BCUT2D eigenvalue weighted by Gasteiger charge is 2.28. The van der Waals surface area contributed by atoms with Crippen molar-refractivity contribution >= 4 is 75.3 Å². The number of hydrogen-bond acceptors (Lipinski definition) is 22. The second-order valence-electron chi connectivity index (χ2n) is 25.0. The molecule has 6 aromatic carbocycles.